The summed E-state index contributed by atoms with van der Waals surface area (Å²) in [5, 5.41) is 3.36. The highest BCUT2D eigenvalue weighted by molar-refractivity contribution is 9.10. The molecule has 2 aliphatic carbocycles. The zero-order chi connectivity index (χ0) is 19.7. The molecule has 1 aliphatic heterocycles. The number of hydrogen-bond donors (Lipinski definition) is 1. The van der Waals surface area contributed by atoms with Gasteiger partial charge >= 0.3 is 5.97 Å². The van der Waals surface area contributed by atoms with Gasteiger partial charge in [-0.3, -0.25) is 4.79 Å². The average molecular weight is 444 g/mol. The molecule has 0 bridgehead atoms. The Morgan fingerprint density at radius 3 is 2.68 bits per heavy atom. The topological polar surface area (TPSA) is 55.4 Å². The highest BCUT2D eigenvalue weighted by Crippen LogP contribution is 2.43. The number of Topliss-reactive ketones (excluding diaryl/α,β-unsaturated/α-hetero) is 1. The van der Waals surface area contributed by atoms with Crippen molar-refractivity contribution in [1.29, 1.82) is 0 Å². The minimum atomic E-state index is -0.363. The first-order chi connectivity index (χ1) is 13.5. The molecule has 1 N–H and O–H groups in total. The van der Waals surface area contributed by atoms with E-state index in [4.69, 9.17) is 4.74 Å². The second-order valence-corrected chi connectivity index (χ2v) is 8.90. The molecule has 1 fully saturated rings. The van der Waals surface area contributed by atoms with Gasteiger partial charge in [-0.05, 0) is 63.1 Å². The van der Waals surface area contributed by atoms with Gasteiger partial charge in [-0.15, -0.1) is 0 Å². The lowest BCUT2D eigenvalue weighted by Gasteiger charge is -2.35. The van der Waals surface area contributed by atoms with Crippen molar-refractivity contribution in [2.24, 2.45) is 0 Å². The number of carbonyl (C=O) groups is 2. The van der Waals surface area contributed by atoms with Gasteiger partial charge in [0.25, 0.3) is 0 Å². The highest BCUT2D eigenvalue weighted by atomic mass is 79.9. The van der Waals surface area contributed by atoms with Gasteiger partial charge in [-0.1, -0.05) is 34.5 Å². The Morgan fingerprint density at radius 2 is 1.93 bits per heavy atom. The minimum Gasteiger partial charge on any atom is -0.459 e. The molecule has 1 heterocycles. The molecule has 1 saturated carbocycles. The zero-order valence-electron chi connectivity index (χ0n) is 16.2. The number of ether oxygens (including phenoxy) is 1. The number of nitrogens with one attached hydrogen (secondary N) is 1. The van der Waals surface area contributed by atoms with Crippen LogP contribution < -0.4 is 5.32 Å². The van der Waals surface area contributed by atoms with E-state index in [0.29, 0.717) is 12.0 Å². The summed E-state index contributed by atoms with van der Waals surface area (Å²) in [4.78, 5) is 26.1. The molecule has 0 spiro atoms. The lowest BCUT2D eigenvalue weighted by atomic mass is 9.75. The molecule has 3 aliphatic rings. The van der Waals surface area contributed by atoms with Gasteiger partial charge in [-0.25, -0.2) is 4.79 Å². The monoisotopic (exact) mass is 443 g/mol. The van der Waals surface area contributed by atoms with Crippen molar-refractivity contribution >= 4 is 27.7 Å². The number of allylic oxidation sites excluding steroid dienone is 3. The van der Waals surface area contributed by atoms with Crippen molar-refractivity contribution in [2.45, 2.75) is 70.3 Å². The maximum atomic E-state index is 13.3. The molecule has 0 saturated heterocycles. The average Bonchev–Trinajstić information content (AvgIpc) is 2.68. The lowest BCUT2D eigenvalue weighted by molar-refractivity contribution is -0.146. The van der Waals surface area contributed by atoms with E-state index in [1.807, 2.05) is 31.2 Å². The van der Waals surface area contributed by atoms with Gasteiger partial charge in [0, 0.05) is 33.8 Å². The number of benzene rings is 1. The summed E-state index contributed by atoms with van der Waals surface area (Å²) < 4.78 is 6.85. The maximum absolute atomic E-state index is 13.3. The second-order valence-electron chi connectivity index (χ2n) is 7.99. The summed E-state index contributed by atoms with van der Waals surface area (Å²) in [6, 6.07) is 7.91. The second kappa shape index (κ2) is 8.24. The number of hydrogen-bond acceptors (Lipinski definition) is 4. The minimum absolute atomic E-state index is 0.0119. The number of esters is 1. The first kappa shape index (κ1) is 19.4. The van der Waals surface area contributed by atoms with Crippen molar-refractivity contribution in [1.82, 2.24) is 5.32 Å². The third kappa shape index (κ3) is 3.82. The molecule has 1 atom stereocenters. The van der Waals surface area contributed by atoms with Crippen molar-refractivity contribution < 1.29 is 14.3 Å². The third-order valence-electron chi connectivity index (χ3n) is 6.00. The molecule has 5 heteroatoms. The quantitative estimate of drug-likeness (QED) is 0.644. The van der Waals surface area contributed by atoms with Crippen LogP contribution in [0.15, 0.2) is 51.3 Å². The standard InChI is InChI=1S/C23H26BrNO3/c1-14-20(23(27)28-17-9-3-2-4-10-17)21(15-7-5-8-16(24)13-15)22-18(25-14)11-6-12-19(22)26/h5,7-8,13,17,21,25H,2-4,6,9-12H2,1H3/t21-/m0/s1. The number of ketones is 1. The summed E-state index contributed by atoms with van der Waals surface area (Å²) in [5.74, 6) is -0.515. The molecule has 0 amide bonds. The van der Waals surface area contributed by atoms with Crippen LogP contribution in [0, 0.1) is 0 Å². The molecule has 1 aromatic rings. The molecular formula is C23H26BrNO3. The summed E-state index contributed by atoms with van der Waals surface area (Å²) >= 11 is 3.53. The first-order valence-electron chi connectivity index (χ1n) is 10.2. The largest absolute Gasteiger partial charge is 0.459 e. The van der Waals surface area contributed by atoms with Gasteiger partial charge in [-0.2, -0.15) is 0 Å². The van der Waals surface area contributed by atoms with Crippen molar-refractivity contribution in [3.8, 4) is 0 Å². The van der Waals surface area contributed by atoms with E-state index in [1.165, 1.54) is 6.42 Å². The van der Waals surface area contributed by atoms with Crippen LogP contribution in [-0.4, -0.2) is 17.9 Å². The number of carbonyl (C=O) groups excluding carboxylic acids is 2. The summed E-state index contributed by atoms with van der Waals surface area (Å²) in [6.45, 7) is 1.92. The Hall–Kier alpha value is -1.88. The maximum Gasteiger partial charge on any atom is 0.337 e. The smallest absolute Gasteiger partial charge is 0.337 e. The fraction of sp³-hybridized carbons (Fsp3) is 0.478. The lowest BCUT2D eigenvalue weighted by Crippen LogP contribution is -2.35. The van der Waals surface area contributed by atoms with Crippen LogP contribution in [0.2, 0.25) is 0 Å². The zero-order valence-corrected chi connectivity index (χ0v) is 17.8. The van der Waals surface area contributed by atoms with Gasteiger partial charge in [0.2, 0.25) is 0 Å². The van der Waals surface area contributed by atoms with Crippen LogP contribution in [0.25, 0.3) is 0 Å². The number of halogens is 1. The molecule has 4 nitrogen and oxygen atoms in total. The normalized spacial score (nSPS) is 23.4. The first-order valence-corrected chi connectivity index (χ1v) is 11.0. The van der Waals surface area contributed by atoms with Crippen LogP contribution >= 0.6 is 15.9 Å². The van der Waals surface area contributed by atoms with Crippen LogP contribution in [-0.2, 0) is 14.3 Å². The van der Waals surface area contributed by atoms with Gasteiger partial charge < -0.3 is 10.1 Å². The Kier molecular flexibility index (Phi) is 5.72. The van der Waals surface area contributed by atoms with E-state index in [0.717, 1.165) is 65.5 Å². The SMILES string of the molecule is CC1=C(C(=O)OC2CCCCC2)[C@H](c2cccc(Br)c2)C2=C(CCCC2=O)N1. The van der Waals surface area contributed by atoms with E-state index in [9.17, 15) is 9.59 Å². The Bertz CT molecular complexity index is 864. The predicted octanol–water partition coefficient (Wildman–Crippen LogP) is 5.29. The molecular weight excluding hydrogens is 418 g/mol. The Morgan fingerprint density at radius 1 is 1.14 bits per heavy atom. The van der Waals surface area contributed by atoms with Crippen molar-refractivity contribution in [2.75, 3.05) is 0 Å². The van der Waals surface area contributed by atoms with Crippen molar-refractivity contribution in [3.05, 3.63) is 56.8 Å². The number of rotatable bonds is 3. The van der Waals surface area contributed by atoms with Crippen LogP contribution in [0.3, 0.4) is 0 Å². The molecule has 28 heavy (non-hydrogen) atoms. The molecule has 0 aromatic heterocycles. The van der Waals surface area contributed by atoms with Crippen LogP contribution in [0.5, 0.6) is 0 Å². The molecule has 0 unspecified atom stereocenters. The third-order valence-corrected chi connectivity index (χ3v) is 6.50. The summed E-state index contributed by atoms with van der Waals surface area (Å²) in [5.41, 5.74) is 4.05. The molecule has 148 valence electrons. The summed E-state index contributed by atoms with van der Waals surface area (Å²) in [7, 11) is 0. The van der Waals surface area contributed by atoms with E-state index < -0.39 is 0 Å². The highest BCUT2D eigenvalue weighted by Gasteiger charge is 2.39. The molecule has 4 rings (SSSR count). The molecule has 0 radical (unpaired) electrons. The van der Waals surface area contributed by atoms with E-state index in [1.54, 1.807) is 0 Å². The van der Waals surface area contributed by atoms with Crippen LogP contribution in [0.1, 0.15) is 69.8 Å². The van der Waals surface area contributed by atoms with Gasteiger partial charge in [0.15, 0.2) is 5.78 Å². The van der Waals surface area contributed by atoms with E-state index >= 15 is 0 Å². The van der Waals surface area contributed by atoms with Gasteiger partial charge in [0.1, 0.15) is 6.10 Å². The Balaban J connectivity index is 1.74. The fourth-order valence-electron chi connectivity index (χ4n) is 4.67. The molecule has 1 aromatic carbocycles. The van der Waals surface area contributed by atoms with Crippen LogP contribution in [0.4, 0.5) is 0 Å². The fourth-order valence-corrected chi connectivity index (χ4v) is 5.09. The van der Waals surface area contributed by atoms with E-state index in [2.05, 4.69) is 21.2 Å². The predicted molar refractivity (Wildman–Crippen MR) is 112 cm³/mol. The Labute approximate surface area is 174 Å². The van der Waals surface area contributed by atoms with E-state index in [-0.39, 0.29) is 23.8 Å². The number of dihydropyridines is 1. The van der Waals surface area contributed by atoms with Gasteiger partial charge in [0.05, 0.1) is 5.57 Å². The van der Waals surface area contributed by atoms with Crippen molar-refractivity contribution in [3.63, 3.8) is 0 Å². The summed E-state index contributed by atoms with van der Waals surface area (Å²) in [6.07, 6.45) is 7.51.